The summed E-state index contributed by atoms with van der Waals surface area (Å²) in [6.45, 7) is 8.25. The van der Waals surface area contributed by atoms with E-state index in [-0.39, 0.29) is 0 Å². The number of nitrogens with zero attached hydrogens (tertiary/aromatic N) is 6. The smallest absolute Gasteiger partial charge is 0.243 e. The third-order valence-electron chi connectivity index (χ3n) is 5.21. The molecule has 9 heteroatoms. The first-order valence-electron chi connectivity index (χ1n) is 9.87. The Kier molecular flexibility index (Phi) is 5.26. The van der Waals surface area contributed by atoms with E-state index in [1.54, 1.807) is 27.2 Å². The highest BCUT2D eigenvalue weighted by Crippen LogP contribution is 2.22. The van der Waals surface area contributed by atoms with Crippen LogP contribution in [0.3, 0.4) is 0 Å². The summed E-state index contributed by atoms with van der Waals surface area (Å²) < 4.78 is 29.3. The van der Waals surface area contributed by atoms with Crippen LogP contribution in [0.5, 0.6) is 0 Å². The van der Waals surface area contributed by atoms with Crippen molar-refractivity contribution in [2.24, 2.45) is 5.92 Å². The molecule has 0 unspecified atom stereocenters. The molecule has 29 heavy (non-hydrogen) atoms. The van der Waals surface area contributed by atoms with Gasteiger partial charge in [-0.15, -0.1) is 10.2 Å². The van der Waals surface area contributed by atoms with Gasteiger partial charge in [-0.3, -0.25) is 0 Å². The third-order valence-corrected chi connectivity index (χ3v) is 7.12. The first-order valence-corrected chi connectivity index (χ1v) is 11.3. The predicted octanol–water partition coefficient (Wildman–Crippen LogP) is 2.14. The maximum atomic E-state index is 13.0. The van der Waals surface area contributed by atoms with E-state index >= 15 is 0 Å². The number of hydrogen-bond donors (Lipinski definition) is 0. The van der Waals surface area contributed by atoms with E-state index in [0.29, 0.717) is 42.6 Å². The van der Waals surface area contributed by atoms with Gasteiger partial charge in [0, 0.05) is 32.2 Å². The van der Waals surface area contributed by atoms with Crippen LogP contribution in [0.1, 0.15) is 25.2 Å². The van der Waals surface area contributed by atoms with Crippen LogP contribution in [0, 0.1) is 12.8 Å². The van der Waals surface area contributed by atoms with Crippen molar-refractivity contribution in [2.45, 2.75) is 32.1 Å². The molecule has 8 nitrogen and oxygen atoms in total. The van der Waals surface area contributed by atoms with Crippen molar-refractivity contribution in [2.75, 3.05) is 31.1 Å². The van der Waals surface area contributed by atoms with E-state index in [2.05, 4.69) is 34.0 Å². The Labute approximate surface area is 171 Å². The molecule has 4 rings (SSSR count). The van der Waals surface area contributed by atoms with Crippen molar-refractivity contribution in [3.63, 3.8) is 0 Å². The number of sulfonamides is 1. The molecule has 154 valence electrons. The average Bonchev–Trinajstić information content (AvgIpc) is 3.08. The van der Waals surface area contributed by atoms with Gasteiger partial charge < -0.3 is 4.90 Å². The summed E-state index contributed by atoms with van der Waals surface area (Å²) in [5.74, 6) is 1.28. The zero-order valence-electron chi connectivity index (χ0n) is 17.0. The first kappa shape index (κ1) is 19.8. The number of aromatic nitrogens is 4. The Morgan fingerprint density at radius 3 is 2.38 bits per heavy atom. The predicted molar refractivity (Wildman–Crippen MR) is 111 cm³/mol. The van der Waals surface area contributed by atoms with Gasteiger partial charge in [0.2, 0.25) is 10.0 Å². The minimum absolute atomic E-state index is 0.362. The lowest BCUT2D eigenvalue weighted by atomic mass is 10.0. The number of benzene rings is 1. The van der Waals surface area contributed by atoms with Gasteiger partial charge in [-0.05, 0) is 37.0 Å². The topological polar surface area (TPSA) is 83.7 Å². The van der Waals surface area contributed by atoms with Crippen LogP contribution in [0.15, 0.2) is 41.4 Å². The summed E-state index contributed by atoms with van der Waals surface area (Å²) in [6, 6.07) is 9.23. The molecular weight excluding hydrogens is 388 g/mol. The highest BCUT2D eigenvalue weighted by atomic mass is 32.2. The molecule has 1 fully saturated rings. The molecule has 0 atom stereocenters. The fourth-order valence-electron chi connectivity index (χ4n) is 3.67. The van der Waals surface area contributed by atoms with Gasteiger partial charge in [-0.2, -0.15) is 13.9 Å². The van der Waals surface area contributed by atoms with Crippen LogP contribution < -0.4 is 4.90 Å². The quantitative estimate of drug-likeness (QED) is 0.636. The number of rotatable bonds is 5. The van der Waals surface area contributed by atoms with Crippen LogP contribution in [-0.4, -0.2) is 58.7 Å². The number of fused-ring (bicyclic) bond motifs is 1. The van der Waals surface area contributed by atoms with Crippen molar-refractivity contribution in [1.82, 2.24) is 24.1 Å². The molecule has 1 aromatic carbocycles. The van der Waals surface area contributed by atoms with Crippen molar-refractivity contribution < 1.29 is 8.42 Å². The van der Waals surface area contributed by atoms with Gasteiger partial charge in [0.15, 0.2) is 11.5 Å². The summed E-state index contributed by atoms with van der Waals surface area (Å²) in [5, 5.41) is 12.5. The normalized spacial score (nSPS) is 16.1. The second kappa shape index (κ2) is 7.72. The number of anilines is 1. The molecule has 1 aliphatic rings. The Balaban J connectivity index is 1.45. The summed E-state index contributed by atoms with van der Waals surface area (Å²) in [5.41, 5.74) is 2.78. The second-order valence-corrected chi connectivity index (χ2v) is 9.80. The average molecular weight is 415 g/mol. The Morgan fingerprint density at radius 2 is 1.72 bits per heavy atom. The molecule has 1 aliphatic heterocycles. The molecule has 1 saturated heterocycles. The molecular formula is C20H26N6O2S. The molecule has 0 saturated carbocycles. The fraction of sp³-hybridized carbons (Fsp3) is 0.450. The second-order valence-electron chi connectivity index (χ2n) is 7.86. The van der Waals surface area contributed by atoms with Crippen molar-refractivity contribution >= 4 is 21.4 Å². The largest absolute Gasteiger partial charge is 0.367 e. The van der Waals surface area contributed by atoms with E-state index in [0.717, 1.165) is 23.5 Å². The summed E-state index contributed by atoms with van der Waals surface area (Å²) in [6.07, 6.45) is 2.73. The molecule has 0 radical (unpaired) electrons. The zero-order chi connectivity index (χ0) is 20.6. The summed E-state index contributed by atoms with van der Waals surface area (Å²) in [4.78, 5) is 2.50. The number of piperazine rings is 1. The van der Waals surface area contributed by atoms with E-state index in [1.165, 1.54) is 0 Å². The van der Waals surface area contributed by atoms with Crippen LogP contribution in [0.4, 0.5) is 5.69 Å². The SMILES string of the molecule is Cc1nnc2cc(N3CCN(S(=O)(=O)c4ccc(CC(C)C)cc4)CC3)cnn12. The molecule has 0 spiro atoms. The molecule has 0 N–H and O–H groups in total. The first-order chi connectivity index (χ1) is 13.8. The maximum absolute atomic E-state index is 13.0. The molecule has 2 aromatic heterocycles. The number of hydrogen-bond acceptors (Lipinski definition) is 6. The van der Waals surface area contributed by atoms with Crippen LogP contribution >= 0.6 is 0 Å². The van der Waals surface area contributed by atoms with Crippen molar-refractivity contribution in [1.29, 1.82) is 0 Å². The van der Waals surface area contributed by atoms with Crippen LogP contribution in [-0.2, 0) is 16.4 Å². The van der Waals surface area contributed by atoms with E-state index in [1.807, 2.05) is 25.1 Å². The van der Waals surface area contributed by atoms with Crippen molar-refractivity contribution in [3.05, 3.63) is 47.9 Å². The van der Waals surface area contributed by atoms with Crippen LogP contribution in [0.25, 0.3) is 5.65 Å². The van der Waals surface area contributed by atoms with E-state index in [4.69, 9.17) is 0 Å². The van der Waals surface area contributed by atoms with Gasteiger partial charge in [-0.1, -0.05) is 26.0 Å². The van der Waals surface area contributed by atoms with Gasteiger partial charge in [0.1, 0.15) is 0 Å². The summed E-state index contributed by atoms with van der Waals surface area (Å²) in [7, 11) is -3.48. The highest BCUT2D eigenvalue weighted by molar-refractivity contribution is 7.89. The number of aryl methyl sites for hydroxylation is 1. The van der Waals surface area contributed by atoms with E-state index < -0.39 is 10.0 Å². The molecule has 0 bridgehead atoms. The fourth-order valence-corrected chi connectivity index (χ4v) is 5.09. The summed E-state index contributed by atoms with van der Waals surface area (Å²) >= 11 is 0. The monoisotopic (exact) mass is 414 g/mol. The van der Waals surface area contributed by atoms with Gasteiger partial charge in [-0.25, -0.2) is 8.42 Å². The molecule has 0 amide bonds. The van der Waals surface area contributed by atoms with E-state index in [9.17, 15) is 8.42 Å². The lowest BCUT2D eigenvalue weighted by molar-refractivity contribution is 0.384. The Hall–Kier alpha value is -2.52. The molecule has 3 heterocycles. The van der Waals surface area contributed by atoms with Gasteiger partial charge in [0.25, 0.3) is 0 Å². The third kappa shape index (κ3) is 3.97. The Morgan fingerprint density at radius 1 is 1.03 bits per heavy atom. The van der Waals surface area contributed by atoms with Crippen molar-refractivity contribution in [3.8, 4) is 0 Å². The standard InChI is InChI=1S/C20H26N6O2S/c1-15(2)12-17-4-6-19(7-5-17)29(27,28)25-10-8-24(9-11-25)18-13-20-23-22-16(3)26(20)21-14-18/h4-7,13-15H,8-12H2,1-3H3. The van der Waals surface area contributed by atoms with Crippen LogP contribution in [0.2, 0.25) is 0 Å². The highest BCUT2D eigenvalue weighted by Gasteiger charge is 2.28. The molecule has 3 aromatic rings. The maximum Gasteiger partial charge on any atom is 0.243 e. The zero-order valence-corrected chi connectivity index (χ0v) is 17.8. The Bertz CT molecular complexity index is 1100. The molecule has 0 aliphatic carbocycles. The minimum Gasteiger partial charge on any atom is -0.367 e. The minimum atomic E-state index is -3.48. The lowest BCUT2D eigenvalue weighted by Gasteiger charge is -2.35. The lowest BCUT2D eigenvalue weighted by Crippen LogP contribution is -2.48. The van der Waals surface area contributed by atoms with Gasteiger partial charge >= 0.3 is 0 Å². The van der Waals surface area contributed by atoms with Gasteiger partial charge in [0.05, 0.1) is 16.8 Å².